The second-order valence-corrected chi connectivity index (χ2v) is 10.1. The van der Waals surface area contributed by atoms with E-state index in [9.17, 15) is 4.79 Å². The first-order valence-corrected chi connectivity index (χ1v) is 14.2. The molecule has 216 valence electrons. The fourth-order valence-corrected chi connectivity index (χ4v) is 4.79. The van der Waals surface area contributed by atoms with Crippen LogP contribution < -0.4 is 0 Å². The van der Waals surface area contributed by atoms with Crippen molar-refractivity contribution in [3.63, 3.8) is 0 Å². The average Bonchev–Trinajstić information content (AvgIpc) is 3.04. The van der Waals surface area contributed by atoms with Crippen LogP contribution in [0.2, 0.25) is 0 Å². The predicted molar refractivity (Wildman–Crippen MR) is 161 cm³/mol. The van der Waals surface area contributed by atoms with Crippen molar-refractivity contribution in [3.8, 4) is 0 Å². The molecule has 1 aliphatic heterocycles. The molecule has 0 saturated carbocycles. The van der Waals surface area contributed by atoms with Crippen LogP contribution in [0.1, 0.15) is 28.7 Å². The van der Waals surface area contributed by atoms with Gasteiger partial charge in [-0.25, -0.2) is 4.79 Å². The van der Waals surface area contributed by atoms with Crippen LogP contribution in [-0.4, -0.2) is 37.2 Å². The lowest BCUT2D eigenvalue weighted by molar-refractivity contribution is -0.270. The molecular formula is C36H36O6. The molecule has 0 unspecified atom stereocenters. The summed E-state index contributed by atoms with van der Waals surface area (Å²) in [6.07, 6.45) is 1.27. The van der Waals surface area contributed by atoms with Gasteiger partial charge in [0, 0.05) is 12.5 Å². The number of esters is 1. The minimum atomic E-state index is -0.819. The maximum atomic E-state index is 12.8. The third-order valence-corrected chi connectivity index (χ3v) is 6.93. The smallest absolute Gasteiger partial charge is 0.333 e. The van der Waals surface area contributed by atoms with Gasteiger partial charge in [0.25, 0.3) is 0 Å². The summed E-state index contributed by atoms with van der Waals surface area (Å²) in [5.41, 5.74) is 4.05. The molecule has 4 aromatic rings. The standard InChI is InChI=1S/C36H36O6/c37-34(22-21-28-13-5-1-6-14-28)42-35-23-32(39-25-30-17-9-3-10-18-30)36(40-26-31-19-11-4-12-20-31)33(41-35)27-38-24-29-15-7-2-8-16-29/h1-22,32-33,35-36H,23-27H2/b22-21+/t32-,33-,35-,36+/m1/s1. The van der Waals surface area contributed by atoms with Crippen LogP contribution in [0.3, 0.4) is 0 Å². The number of rotatable bonds is 13. The van der Waals surface area contributed by atoms with Gasteiger partial charge in [-0.15, -0.1) is 0 Å². The lowest BCUT2D eigenvalue weighted by atomic mass is 10.0. The van der Waals surface area contributed by atoms with Crippen LogP contribution in [0.25, 0.3) is 6.08 Å². The molecule has 6 heteroatoms. The average molecular weight is 565 g/mol. The van der Waals surface area contributed by atoms with Gasteiger partial charge in [0.2, 0.25) is 6.29 Å². The van der Waals surface area contributed by atoms with E-state index in [2.05, 4.69) is 0 Å². The Balaban J connectivity index is 1.31. The van der Waals surface area contributed by atoms with Crippen molar-refractivity contribution in [3.05, 3.63) is 150 Å². The molecule has 1 saturated heterocycles. The van der Waals surface area contributed by atoms with Crippen LogP contribution in [0.5, 0.6) is 0 Å². The summed E-state index contributed by atoms with van der Waals surface area (Å²) < 4.78 is 31.1. The molecule has 5 rings (SSSR count). The Labute approximate surface area is 247 Å². The molecule has 0 aromatic heterocycles. The summed E-state index contributed by atoms with van der Waals surface area (Å²) in [4.78, 5) is 12.8. The van der Waals surface area contributed by atoms with Crippen molar-refractivity contribution in [1.29, 1.82) is 0 Å². The summed E-state index contributed by atoms with van der Waals surface area (Å²) in [7, 11) is 0. The minimum absolute atomic E-state index is 0.244. The van der Waals surface area contributed by atoms with Gasteiger partial charge < -0.3 is 23.7 Å². The first kappa shape index (κ1) is 29.4. The van der Waals surface area contributed by atoms with Gasteiger partial charge in [-0.2, -0.15) is 0 Å². The van der Waals surface area contributed by atoms with E-state index in [0.717, 1.165) is 22.3 Å². The van der Waals surface area contributed by atoms with E-state index in [1.54, 1.807) is 6.08 Å². The molecule has 0 N–H and O–H groups in total. The Morgan fingerprint density at radius 1 is 0.690 bits per heavy atom. The molecule has 0 aliphatic carbocycles. The van der Waals surface area contributed by atoms with E-state index < -0.39 is 30.6 Å². The molecule has 0 radical (unpaired) electrons. The normalized spacial score (nSPS) is 20.4. The van der Waals surface area contributed by atoms with E-state index in [0.29, 0.717) is 26.2 Å². The molecule has 1 aliphatic rings. The van der Waals surface area contributed by atoms with Crippen molar-refractivity contribution >= 4 is 12.0 Å². The third-order valence-electron chi connectivity index (χ3n) is 6.93. The SMILES string of the molecule is O=C(/C=C/c1ccccc1)O[C@@H]1C[C@@H](OCc2ccccc2)[C@H](OCc2ccccc2)[C@@H](COCc2ccccc2)O1. The Bertz CT molecular complexity index is 1360. The lowest BCUT2D eigenvalue weighted by Gasteiger charge is -2.40. The van der Waals surface area contributed by atoms with Crippen LogP contribution in [0, 0.1) is 0 Å². The van der Waals surface area contributed by atoms with Gasteiger partial charge in [0.1, 0.15) is 12.2 Å². The summed E-state index contributed by atoms with van der Waals surface area (Å²) in [6.45, 7) is 1.45. The second kappa shape index (κ2) is 15.8. The predicted octanol–water partition coefficient (Wildman–Crippen LogP) is 6.75. The van der Waals surface area contributed by atoms with Gasteiger partial charge in [0.05, 0.1) is 32.5 Å². The van der Waals surface area contributed by atoms with Crippen LogP contribution >= 0.6 is 0 Å². The molecule has 1 heterocycles. The Hall–Kier alpha value is -4.07. The van der Waals surface area contributed by atoms with E-state index in [1.807, 2.05) is 121 Å². The molecule has 6 nitrogen and oxygen atoms in total. The molecular weight excluding hydrogens is 528 g/mol. The summed E-state index contributed by atoms with van der Waals surface area (Å²) in [5, 5.41) is 0. The first-order chi connectivity index (χ1) is 20.7. The topological polar surface area (TPSA) is 63.2 Å². The maximum Gasteiger partial charge on any atom is 0.333 e. The quantitative estimate of drug-likeness (QED) is 0.132. The fraction of sp³-hybridized carbons (Fsp3) is 0.250. The second-order valence-electron chi connectivity index (χ2n) is 10.1. The number of ether oxygens (including phenoxy) is 5. The fourth-order valence-electron chi connectivity index (χ4n) is 4.79. The van der Waals surface area contributed by atoms with Gasteiger partial charge in [-0.05, 0) is 28.3 Å². The number of hydrogen-bond acceptors (Lipinski definition) is 6. The van der Waals surface area contributed by atoms with Crippen LogP contribution in [0.15, 0.2) is 127 Å². The third kappa shape index (κ3) is 9.23. The van der Waals surface area contributed by atoms with Gasteiger partial charge in [-0.3, -0.25) is 0 Å². The van der Waals surface area contributed by atoms with Crippen LogP contribution in [-0.2, 0) is 48.3 Å². The highest BCUT2D eigenvalue weighted by molar-refractivity contribution is 5.87. The highest BCUT2D eigenvalue weighted by Crippen LogP contribution is 2.29. The van der Waals surface area contributed by atoms with E-state index in [1.165, 1.54) is 6.08 Å². The largest absolute Gasteiger partial charge is 0.432 e. The highest BCUT2D eigenvalue weighted by Gasteiger charge is 2.42. The van der Waals surface area contributed by atoms with Crippen molar-refractivity contribution < 1.29 is 28.5 Å². The maximum absolute atomic E-state index is 12.8. The summed E-state index contributed by atoms with van der Waals surface area (Å²) in [5.74, 6) is -0.488. The zero-order chi connectivity index (χ0) is 28.8. The number of benzene rings is 4. The highest BCUT2D eigenvalue weighted by atomic mass is 16.7. The minimum Gasteiger partial charge on any atom is -0.432 e. The molecule has 1 fully saturated rings. The molecule has 4 atom stereocenters. The van der Waals surface area contributed by atoms with Crippen LogP contribution in [0.4, 0.5) is 0 Å². The monoisotopic (exact) mass is 564 g/mol. The Kier molecular flexibility index (Phi) is 11.1. The summed E-state index contributed by atoms with van der Waals surface area (Å²) >= 11 is 0. The van der Waals surface area contributed by atoms with E-state index in [4.69, 9.17) is 23.7 Å². The van der Waals surface area contributed by atoms with E-state index in [-0.39, 0.29) is 6.61 Å². The summed E-state index contributed by atoms with van der Waals surface area (Å²) in [6, 6.07) is 39.5. The number of carbonyl (C=O) groups excluding carboxylic acids is 1. The van der Waals surface area contributed by atoms with Gasteiger partial charge in [-0.1, -0.05) is 121 Å². The Morgan fingerprint density at radius 3 is 1.81 bits per heavy atom. The van der Waals surface area contributed by atoms with Crippen molar-refractivity contribution in [2.75, 3.05) is 6.61 Å². The van der Waals surface area contributed by atoms with Gasteiger partial charge in [0.15, 0.2) is 0 Å². The van der Waals surface area contributed by atoms with Gasteiger partial charge >= 0.3 is 5.97 Å². The zero-order valence-corrected chi connectivity index (χ0v) is 23.5. The van der Waals surface area contributed by atoms with E-state index >= 15 is 0 Å². The van der Waals surface area contributed by atoms with Crippen molar-refractivity contribution in [2.45, 2.75) is 50.8 Å². The molecule has 42 heavy (non-hydrogen) atoms. The lowest BCUT2D eigenvalue weighted by Crippen LogP contribution is -2.53. The zero-order valence-electron chi connectivity index (χ0n) is 23.5. The molecule has 0 bridgehead atoms. The molecule has 0 spiro atoms. The number of hydrogen-bond donors (Lipinski definition) is 0. The van der Waals surface area contributed by atoms with Crippen molar-refractivity contribution in [2.24, 2.45) is 0 Å². The number of carbonyl (C=O) groups is 1. The van der Waals surface area contributed by atoms with Crippen molar-refractivity contribution in [1.82, 2.24) is 0 Å². The molecule has 0 amide bonds. The first-order valence-electron chi connectivity index (χ1n) is 14.2. The molecule has 4 aromatic carbocycles. The Morgan fingerprint density at radius 2 is 1.21 bits per heavy atom.